The van der Waals surface area contributed by atoms with Gasteiger partial charge in [0.25, 0.3) is 0 Å². The Balaban J connectivity index is 1.82. The third-order valence-electron chi connectivity index (χ3n) is 20.6. The zero-order valence-corrected chi connectivity index (χ0v) is 78.2. The molecule has 1 heterocycles. The molecule has 0 saturated heterocycles. The molecule has 1 aromatic heterocycles. The van der Waals surface area contributed by atoms with Crippen molar-refractivity contribution in [3.05, 3.63) is 83.9 Å². The van der Waals surface area contributed by atoms with Gasteiger partial charge >= 0.3 is 23.9 Å². The first kappa shape index (κ1) is 119. The molecule has 140 heavy (non-hydrogen) atoms. The maximum Gasteiger partial charge on any atom is 0.325 e. The molecule has 0 saturated carbocycles. The highest BCUT2D eigenvalue weighted by atomic mass is 16.4. The number of carbonyl (C=O) groups is 23. The number of primary amides is 1. The normalized spacial score (nSPS) is 15.0. The summed E-state index contributed by atoms with van der Waals surface area (Å²) in [6.45, 7) is 6.73. The van der Waals surface area contributed by atoms with E-state index in [0.717, 1.165) is 20.8 Å². The number of phenols is 1. The Morgan fingerprint density at radius 2 is 0.779 bits per heavy atom. The molecule has 0 bridgehead atoms. The number of amides is 19. The zero-order valence-electron chi connectivity index (χ0n) is 78.2. The van der Waals surface area contributed by atoms with E-state index in [4.69, 9.17) is 16.6 Å². The smallest absolute Gasteiger partial charge is 0.325 e. The van der Waals surface area contributed by atoms with Crippen molar-refractivity contribution in [2.24, 2.45) is 23.3 Å². The minimum atomic E-state index is -2.22. The number of carboxylic acids is 4. The Labute approximate surface area is 800 Å². The van der Waals surface area contributed by atoms with E-state index in [-0.39, 0.29) is 24.2 Å². The van der Waals surface area contributed by atoms with Crippen LogP contribution in [0.25, 0.3) is 0 Å². The Bertz CT molecular complexity index is 4830. The van der Waals surface area contributed by atoms with Crippen LogP contribution in [-0.2, 0) is 130 Å². The number of aromatic nitrogens is 2. The lowest BCUT2D eigenvalue weighted by atomic mass is 10.00. The van der Waals surface area contributed by atoms with Crippen LogP contribution in [0.15, 0.2) is 67.1 Å². The van der Waals surface area contributed by atoms with E-state index in [2.05, 4.69) is 95.0 Å². The number of aromatic amines is 1. The summed E-state index contributed by atoms with van der Waals surface area (Å²) in [5.41, 5.74) is 10.5. The van der Waals surface area contributed by atoms with Gasteiger partial charge in [-0.05, 0) is 102 Å². The van der Waals surface area contributed by atoms with Crippen molar-refractivity contribution in [1.82, 2.24) is 106 Å². The molecule has 55 heteroatoms. The number of carbonyl (C=O) groups excluding carboxylic acids is 19. The van der Waals surface area contributed by atoms with Gasteiger partial charge in [0.15, 0.2) is 0 Å². The molecule has 0 fully saturated rings. The van der Waals surface area contributed by atoms with Gasteiger partial charge in [-0.25, -0.2) is 4.98 Å². The monoisotopic (exact) mass is 1980 g/mol. The van der Waals surface area contributed by atoms with Gasteiger partial charge in [-0.15, -0.1) is 0 Å². The molecule has 2 aromatic carbocycles. The molecule has 19 amide bonds. The molecule has 774 valence electrons. The second-order valence-electron chi connectivity index (χ2n) is 33.8. The second-order valence-corrected chi connectivity index (χ2v) is 33.8. The summed E-state index contributed by atoms with van der Waals surface area (Å²) >= 11 is 0. The highest BCUT2D eigenvalue weighted by Crippen LogP contribution is 2.17. The maximum absolute atomic E-state index is 14.5. The summed E-state index contributed by atoms with van der Waals surface area (Å²) < 4.78 is 0. The lowest BCUT2D eigenvalue weighted by Crippen LogP contribution is -2.63. The van der Waals surface area contributed by atoms with E-state index < -0.39 is 353 Å². The van der Waals surface area contributed by atoms with Crippen molar-refractivity contribution < 1.29 is 161 Å². The lowest BCUT2D eigenvalue weighted by Gasteiger charge is -2.29. The van der Waals surface area contributed by atoms with Gasteiger partial charge in [-0.1, -0.05) is 70.2 Å². The number of aliphatic hydroxyl groups excluding tert-OH is 5. The number of nitrogens with zero attached hydrogens (tertiary/aromatic N) is 1. The van der Waals surface area contributed by atoms with E-state index in [1.54, 1.807) is 19.9 Å². The number of phenolic OH excluding ortho intramolecular Hbond substituents is 1. The Morgan fingerprint density at radius 3 is 1.24 bits per heavy atom. The molecule has 0 unspecified atom stereocenters. The summed E-state index contributed by atoms with van der Waals surface area (Å²) in [7, 11) is 0. The fourth-order valence-corrected chi connectivity index (χ4v) is 12.8. The van der Waals surface area contributed by atoms with Gasteiger partial charge in [0.05, 0.1) is 69.6 Å². The average Bonchev–Trinajstić information content (AvgIpc) is 1.15. The number of imidazole rings is 1. The van der Waals surface area contributed by atoms with Gasteiger partial charge in [0.2, 0.25) is 112 Å². The summed E-state index contributed by atoms with van der Waals surface area (Å²) in [6, 6.07) is -16.1. The van der Waals surface area contributed by atoms with Gasteiger partial charge in [-0.3, -0.25) is 110 Å². The molecule has 18 atom stereocenters. The largest absolute Gasteiger partial charge is 0.508 e. The SMILES string of the molecule is CC(C)C[C@H](NC(=O)[C@H](Cc1ccc(O)cc1)NC(=O)[C@H](CO)NC(=O)[C@H](CO)NC(=O)[C@@H](NC(=O)[C@H](CC(=O)O)NC(=O)[C@H](CO)NC(=O)[C@@H](NC(=O)[C@H](Cc1ccccc1)NC(=O)[C@@H](NC(=O)CNC(=O)[C@H](CCC(=O)O)NC(=O)C(C)(C)NC(=O)[C@@H](N)Cc1c[nH]cn1)[C@@H](C)O)[C@@H](C)O)C(C)C)C(=O)N[C@@H](CCC(=O)O)C(=O)NCC(=O)N[C@@H](CCC(N)=O)C(=O)N[C@@H](C)C(=O)N[C@@H](C)C(=O)O. The first-order valence-electron chi connectivity index (χ1n) is 43.8. The molecular formula is C85H126N22O33. The zero-order chi connectivity index (χ0) is 106. The number of carboxylic acid groups (broad SMARTS) is 4. The number of nitrogens with one attached hydrogen (secondary N) is 19. The number of aliphatic carboxylic acids is 4. The highest BCUT2D eigenvalue weighted by Gasteiger charge is 2.42. The minimum Gasteiger partial charge on any atom is -0.508 e. The third-order valence-corrected chi connectivity index (χ3v) is 20.6. The molecular weight excluding hydrogens is 1860 g/mol. The molecule has 55 nitrogen and oxygen atoms in total. The Hall–Kier alpha value is -15.0. The van der Waals surface area contributed by atoms with Crippen molar-refractivity contribution in [1.29, 1.82) is 0 Å². The van der Waals surface area contributed by atoms with E-state index in [1.807, 2.05) is 10.6 Å². The van der Waals surface area contributed by atoms with Crippen molar-refractivity contribution in [2.45, 2.75) is 254 Å². The van der Waals surface area contributed by atoms with Crippen LogP contribution in [0.4, 0.5) is 0 Å². The van der Waals surface area contributed by atoms with Gasteiger partial charge in [0, 0.05) is 44.7 Å². The molecule has 33 N–H and O–H groups in total. The highest BCUT2D eigenvalue weighted by molar-refractivity contribution is 6.03. The number of H-pyrrole nitrogens is 1. The molecule has 0 radical (unpaired) electrons. The number of nitrogens with two attached hydrogens (primary N) is 2. The van der Waals surface area contributed by atoms with Gasteiger partial charge in [0.1, 0.15) is 102 Å². The van der Waals surface area contributed by atoms with Crippen LogP contribution in [0.1, 0.15) is 137 Å². The quantitative estimate of drug-likeness (QED) is 0.0249. The molecule has 0 aliphatic heterocycles. The number of hydrogen-bond donors (Lipinski definition) is 31. The van der Waals surface area contributed by atoms with E-state index in [9.17, 15) is 156 Å². The standard InChI is InChI=1S/C85H126N22O33/c1-38(2)26-52(73(128)95-49(21-24-62(117)118)70(125)89-32-60(115)94-51(20-23-59(87)114)72(127)92-40(5)68(123)93-41(6)83(138)139)96-74(129)53(28-45-16-18-47(113)19-17-45)97-77(132)56(34-108)100-79(134)58(36-110)101-80(135)65(39(3)4)105-76(131)55(30-64(121)122)98-78(133)57(35-109)102-82(137)67(43(8)112)106-75(130)54(27-44-14-12-11-13-15-44)99-81(136)66(42(7)111)104-61(116)33-90-71(126)50(22-25-63(119)120)103-84(140)85(9,10)107-69(124)48(86)29-46-31-88-37-91-46/h11-19,31,37-43,48-58,65-67,108-113H,20-30,32-36,86H2,1-10H3,(H2,87,114)(H,88,91)(H,89,125)(H,90,126)(H,92,127)(H,93,123)(H,94,115)(H,95,128)(H,96,129)(H,97,132)(H,98,133)(H,99,136)(H,100,134)(H,101,135)(H,102,137)(H,103,140)(H,104,116)(H,105,131)(H,106,130)(H,107,124)(H,117,118)(H,119,120)(H,121,122)(H,138,139)/t40-,41-,42+,43+,48-,49-,50-,51-,52-,53-,54-,55-,56-,57-,58-,65-,66-,67-/m0/s1. The number of hydrogen-bond acceptors (Lipinski definition) is 31. The van der Waals surface area contributed by atoms with Crippen LogP contribution in [0.5, 0.6) is 5.75 Å². The lowest BCUT2D eigenvalue weighted by molar-refractivity contribution is -0.142. The number of aromatic hydroxyl groups is 1. The van der Waals surface area contributed by atoms with Crippen LogP contribution in [0.2, 0.25) is 0 Å². The topological polar surface area (TPSA) is 892 Å². The summed E-state index contributed by atoms with van der Waals surface area (Å²) in [5.74, 6) is -30.6. The number of benzene rings is 2. The first-order valence-corrected chi connectivity index (χ1v) is 43.8. The number of rotatable bonds is 62. The van der Waals surface area contributed by atoms with Gasteiger partial charge in [-0.2, -0.15) is 0 Å². The molecule has 3 aromatic rings. The van der Waals surface area contributed by atoms with E-state index >= 15 is 0 Å². The first-order chi connectivity index (χ1) is 65.5. The van der Waals surface area contributed by atoms with Crippen molar-refractivity contribution in [3.8, 4) is 5.75 Å². The predicted octanol–water partition coefficient (Wildman–Crippen LogP) is -12.1. The Kier molecular flexibility index (Phi) is 49.9. The molecule has 0 aliphatic carbocycles. The average molecular weight is 1980 g/mol. The second kappa shape index (κ2) is 58.6. The fraction of sp³-hybridized carbons (Fsp3) is 0.553. The summed E-state index contributed by atoms with van der Waals surface area (Å²) in [4.78, 5) is 313. The van der Waals surface area contributed by atoms with Crippen molar-refractivity contribution in [3.63, 3.8) is 0 Å². The van der Waals surface area contributed by atoms with Crippen LogP contribution < -0.4 is 107 Å². The van der Waals surface area contributed by atoms with Gasteiger partial charge < -0.3 is 163 Å². The Morgan fingerprint density at radius 1 is 0.393 bits per heavy atom. The summed E-state index contributed by atoms with van der Waals surface area (Å²) in [5, 5.41) is 142. The molecule has 3 rings (SSSR count). The van der Waals surface area contributed by atoms with E-state index in [1.165, 1.54) is 95.7 Å². The third kappa shape index (κ3) is 42.3. The summed E-state index contributed by atoms with van der Waals surface area (Å²) in [6.07, 6.45) is -7.00. The van der Waals surface area contributed by atoms with E-state index in [0.29, 0.717) is 11.3 Å². The molecule has 0 aliphatic rings. The number of aliphatic hydroxyl groups is 5. The predicted molar refractivity (Wildman–Crippen MR) is 482 cm³/mol. The minimum absolute atomic E-state index is 0.0358. The van der Waals surface area contributed by atoms with Crippen molar-refractivity contribution in [2.75, 3.05) is 32.9 Å². The van der Waals surface area contributed by atoms with Crippen LogP contribution in [-0.4, -0.2) is 344 Å². The van der Waals surface area contributed by atoms with Crippen LogP contribution in [0, 0.1) is 11.8 Å². The van der Waals surface area contributed by atoms with Crippen molar-refractivity contribution >= 4 is 136 Å². The van der Waals surface area contributed by atoms with Crippen LogP contribution in [0.3, 0.4) is 0 Å². The molecule has 0 spiro atoms. The van der Waals surface area contributed by atoms with Crippen LogP contribution >= 0.6 is 0 Å². The fourth-order valence-electron chi connectivity index (χ4n) is 12.8. The maximum atomic E-state index is 14.5.